The number of unbranched alkanes of at least 4 members (excludes halogenated alkanes) is 1. The van der Waals surface area contributed by atoms with Crippen LogP contribution in [-0.2, 0) is 6.42 Å². The van der Waals surface area contributed by atoms with Crippen molar-refractivity contribution in [3.63, 3.8) is 0 Å². The Kier molecular flexibility index (Phi) is 3.11. The summed E-state index contributed by atoms with van der Waals surface area (Å²) in [7, 11) is 0. The quantitative estimate of drug-likeness (QED) is 0.664. The van der Waals surface area contributed by atoms with Crippen LogP contribution in [0.25, 0.3) is 0 Å². The smallest absolute Gasteiger partial charge is 0.127 e. The molecule has 3 nitrogen and oxygen atoms in total. The molecular weight excluding hydrogens is 140 g/mol. The molecule has 0 spiro atoms. The van der Waals surface area contributed by atoms with Gasteiger partial charge in [-0.15, -0.1) is 0 Å². The number of hydrogen-bond acceptors (Lipinski definition) is 3. The van der Waals surface area contributed by atoms with Crippen LogP contribution in [-0.4, -0.2) is 11.7 Å². The molecule has 0 saturated carbocycles. The summed E-state index contributed by atoms with van der Waals surface area (Å²) < 4.78 is 4.79. The largest absolute Gasteiger partial charge is 0.364 e. The van der Waals surface area contributed by atoms with Gasteiger partial charge in [0, 0.05) is 5.56 Å². The van der Waals surface area contributed by atoms with Crippen LogP contribution in [0.5, 0.6) is 0 Å². The average Bonchev–Trinajstić information content (AvgIpc) is 2.37. The monoisotopic (exact) mass is 154 g/mol. The van der Waals surface area contributed by atoms with Gasteiger partial charge >= 0.3 is 0 Å². The Morgan fingerprint density at radius 3 is 2.91 bits per heavy atom. The van der Waals surface area contributed by atoms with Crippen molar-refractivity contribution in [3.8, 4) is 0 Å². The van der Waals surface area contributed by atoms with E-state index in [9.17, 15) is 0 Å². The Labute approximate surface area is 66.6 Å². The second-order valence-electron chi connectivity index (χ2n) is 2.67. The molecule has 0 aliphatic rings. The lowest BCUT2D eigenvalue weighted by Crippen LogP contribution is -1.99. The molecule has 0 aromatic carbocycles. The number of nitrogens with two attached hydrogens (primary N) is 1. The fourth-order valence-corrected chi connectivity index (χ4v) is 1.01. The highest BCUT2D eigenvalue weighted by Crippen LogP contribution is 2.08. The summed E-state index contributed by atoms with van der Waals surface area (Å²) in [4.78, 5) is 0. The Morgan fingerprint density at radius 1 is 1.55 bits per heavy atom. The molecule has 0 atom stereocenters. The van der Waals surface area contributed by atoms with Gasteiger partial charge in [-0.3, -0.25) is 0 Å². The molecule has 11 heavy (non-hydrogen) atoms. The number of rotatable bonds is 4. The van der Waals surface area contributed by atoms with E-state index in [2.05, 4.69) is 5.16 Å². The molecule has 0 amide bonds. The minimum Gasteiger partial charge on any atom is -0.364 e. The second-order valence-corrected chi connectivity index (χ2v) is 2.67. The number of hydrogen-bond donors (Lipinski definition) is 1. The van der Waals surface area contributed by atoms with E-state index in [1.807, 2.05) is 6.92 Å². The fraction of sp³-hybridized carbons (Fsp3) is 0.625. The van der Waals surface area contributed by atoms with Crippen molar-refractivity contribution in [3.05, 3.63) is 17.5 Å². The van der Waals surface area contributed by atoms with Gasteiger partial charge in [0.1, 0.15) is 6.26 Å². The van der Waals surface area contributed by atoms with E-state index in [-0.39, 0.29) is 0 Å². The maximum absolute atomic E-state index is 5.37. The van der Waals surface area contributed by atoms with E-state index >= 15 is 0 Å². The first-order chi connectivity index (χ1) is 5.34. The molecule has 0 fully saturated rings. The molecule has 1 aromatic rings. The molecule has 2 N–H and O–H groups in total. The predicted octanol–water partition coefficient (Wildman–Crippen LogP) is 1.26. The lowest BCUT2D eigenvalue weighted by molar-refractivity contribution is 0.414. The third-order valence-electron chi connectivity index (χ3n) is 1.75. The lowest BCUT2D eigenvalue weighted by atomic mass is 10.1. The number of aromatic nitrogens is 1. The maximum Gasteiger partial charge on any atom is 0.127 e. The van der Waals surface area contributed by atoms with E-state index in [0.29, 0.717) is 0 Å². The molecule has 0 aliphatic heterocycles. The lowest BCUT2D eigenvalue weighted by Gasteiger charge is -1.94. The van der Waals surface area contributed by atoms with Crippen molar-refractivity contribution in [1.82, 2.24) is 5.16 Å². The van der Waals surface area contributed by atoms with Crippen LogP contribution in [0.2, 0.25) is 0 Å². The molecule has 0 radical (unpaired) electrons. The Bertz CT molecular complexity index is 208. The highest BCUT2D eigenvalue weighted by molar-refractivity contribution is 5.12. The number of nitrogens with zero attached hydrogens (tertiary/aromatic N) is 1. The van der Waals surface area contributed by atoms with E-state index in [1.54, 1.807) is 6.26 Å². The molecular formula is C8H14N2O. The minimum absolute atomic E-state index is 0.768. The van der Waals surface area contributed by atoms with Gasteiger partial charge in [-0.25, -0.2) is 0 Å². The molecule has 3 heteroatoms. The highest BCUT2D eigenvalue weighted by atomic mass is 16.5. The van der Waals surface area contributed by atoms with E-state index in [0.717, 1.165) is 31.5 Å². The second kappa shape index (κ2) is 4.13. The van der Waals surface area contributed by atoms with Crippen LogP contribution in [0.4, 0.5) is 0 Å². The van der Waals surface area contributed by atoms with Crippen LogP contribution >= 0.6 is 0 Å². The van der Waals surface area contributed by atoms with Crippen molar-refractivity contribution >= 4 is 0 Å². The maximum atomic E-state index is 5.37. The topological polar surface area (TPSA) is 52.0 Å². The molecule has 62 valence electrons. The van der Waals surface area contributed by atoms with Crippen molar-refractivity contribution in [2.75, 3.05) is 6.54 Å². The normalized spacial score (nSPS) is 10.4. The zero-order valence-corrected chi connectivity index (χ0v) is 6.84. The van der Waals surface area contributed by atoms with Crippen LogP contribution in [0.15, 0.2) is 10.8 Å². The Hall–Kier alpha value is -0.830. The molecule has 0 saturated heterocycles. The summed E-state index contributed by atoms with van der Waals surface area (Å²) in [6.45, 7) is 2.73. The summed E-state index contributed by atoms with van der Waals surface area (Å²) in [6.07, 6.45) is 4.95. The Balaban J connectivity index is 2.32. The minimum atomic E-state index is 0.768. The summed E-state index contributed by atoms with van der Waals surface area (Å²) in [6, 6.07) is 0. The van der Waals surface area contributed by atoms with Gasteiger partial charge < -0.3 is 10.3 Å². The van der Waals surface area contributed by atoms with Crippen molar-refractivity contribution in [2.45, 2.75) is 26.2 Å². The van der Waals surface area contributed by atoms with Crippen LogP contribution < -0.4 is 5.73 Å². The summed E-state index contributed by atoms with van der Waals surface area (Å²) in [5.41, 5.74) is 7.58. The first-order valence-corrected chi connectivity index (χ1v) is 3.94. The van der Waals surface area contributed by atoms with Gasteiger partial charge in [0.05, 0.1) is 5.69 Å². The summed E-state index contributed by atoms with van der Waals surface area (Å²) >= 11 is 0. The van der Waals surface area contributed by atoms with Crippen LogP contribution in [0.3, 0.4) is 0 Å². The summed E-state index contributed by atoms with van der Waals surface area (Å²) in [5.74, 6) is 0. The third kappa shape index (κ3) is 2.35. The number of aryl methyl sites for hydroxylation is 2. The van der Waals surface area contributed by atoms with Gasteiger partial charge in [0.25, 0.3) is 0 Å². The first kappa shape index (κ1) is 8.27. The van der Waals surface area contributed by atoms with Crippen molar-refractivity contribution < 1.29 is 4.52 Å². The summed E-state index contributed by atoms with van der Waals surface area (Å²) in [5, 5.41) is 3.79. The van der Waals surface area contributed by atoms with Crippen molar-refractivity contribution in [2.24, 2.45) is 5.73 Å². The molecule has 0 unspecified atom stereocenters. The standard InChI is InChI=1S/C8H14N2O/c1-7-8(6-11-10-7)4-2-3-5-9/h6H,2-5,9H2,1H3. The zero-order chi connectivity index (χ0) is 8.10. The third-order valence-corrected chi connectivity index (χ3v) is 1.75. The Morgan fingerprint density at radius 2 is 2.36 bits per heavy atom. The molecule has 1 aromatic heterocycles. The predicted molar refractivity (Wildman–Crippen MR) is 43.2 cm³/mol. The van der Waals surface area contributed by atoms with Crippen LogP contribution in [0, 0.1) is 6.92 Å². The fourth-order valence-electron chi connectivity index (χ4n) is 1.01. The van der Waals surface area contributed by atoms with Gasteiger partial charge in [-0.1, -0.05) is 5.16 Å². The van der Waals surface area contributed by atoms with Crippen LogP contribution in [0.1, 0.15) is 24.1 Å². The van der Waals surface area contributed by atoms with Gasteiger partial charge in [-0.2, -0.15) is 0 Å². The van der Waals surface area contributed by atoms with Gasteiger partial charge in [0.15, 0.2) is 0 Å². The SMILES string of the molecule is Cc1nocc1CCCCN. The first-order valence-electron chi connectivity index (χ1n) is 3.94. The zero-order valence-electron chi connectivity index (χ0n) is 6.84. The van der Waals surface area contributed by atoms with E-state index in [4.69, 9.17) is 10.3 Å². The molecule has 0 bridgehead atoms. The average molecular weight is 154 g/mol. The van der Waals surface area contributed by atoms with E-state index in [1.165, 1.54) is 5.56 Å². The van der Waals surface area contributed by atoms with Crippen molar-refractivity contribution in [1.29, 1.82) is 0 Å². The van der Waals surface area contributed by atoms with E-state index < -0.39 is 0 Å². The van der Waals surface area contributed by atoms with Gasteiger partial charge in [-0.05, 0) is 32.7 Å². The highest BCUT2D eigenvalue weighted by Gasteiger charge is 2.00. The molecule has 1 rings (SSSR count). The molecule has 0 aliphatic carbocycles. The van der Waals surface area contributed by atoms with Gasteiger partial charge in [0.2, 0.25) is 0 Å². The molecule has 1 heterocycles.